The number of hydrogen-bond acceptors (Lipinski definition) is 3. The minimum atomic E-state index is 0.170. The Balaban J connectivity index is 2.24. The van der Waals surface area contributed by atoms with E-state index in [1.807, 2.05) is 18.2 Å². The van der Waals surface area contributed by atoms with Gasteiger partial charge in [0.1, 0.15) is 11.5 Å². The molecule has 1 heterocycles. The Morgan fingerprint density at radius 2 is 2.14 bits per heavy atom. The molecule has 0 aliphatic heterocycles. The summed E-state index contributed by atoms with van der Waals surface area (Å²) < 4.78 is 12.1. The first-order chi connectivity index (χ1) is 10.2. The molecule has 0 aliphatic rings. The zero-order valence-corrected chi connectivity index (χ0v) is 14.4. The van der Waals surface area contributed by atoms with Gasteiger partial charge in [0.15, 0.2) is 0 Å². The Morgan fingerprint density at radius 1 is 1.33 bits per heavy atom. The van der Waals surface area contributed by atoms with Gasteiger partial charge in [-0.05, 0) is 61.7 Å². The van der Waals surface area contributed by atoms with Crippen LogP contribution in [0, 0.1) is 6.92 Å². The van der Waals surface area contributed by atoms with Crippen molar-refractivity contribution in [1.29, 1.82) is 0 Å². The quantitative estimate of drug-likeness (QED) is 0.788. The minimum absolute atomic E-state index is 0.170. The predicted molar refractivity (Wildman–Crippen MR) is 88.9 cm³/mol. The molecule has 0 saturated carbocycles. The molecular formula is C17H22BrNO2. The van der Waals surface area contributed by atoms with Gasteiger partial charge in [0, 0.05) is 4.47 Å². The zero-order valence-electron chi connectivity index (χ0n) is 12.8. The second kappa shape index (κ2) is 7.66. The van der Waals surface area contributed by atoms with Crippen LogP contribution in [-0.2, 0) is 6.42 Å². The van der Waals surface area contributed by atoms with Crippen LogP contribution in [0.1, 0.15) is 36.3 Å². The lowest BCUT2D eigenvalue weighted by Crippen LogP contribution is -2.24. The molecule has 3 nitrogen and oxygen atoms in total. The molecule has 0 fully saturated rings. The number of furan rings is 1. The number of aryl methyl sites for hydroxylation is 1. The van der Waals surface area contributed by atoms with Crippen molar-refractivity contribution in [3.63, 3.8) is 0 Å². The Kier molecular flexibility index (Phi) is 5.88. The number of ether oxygens (including phenoxy) is 1. The number of nitrogens with one attached hydrogen (secondary N) is 1. The van der Waals surface area contributed by atoms with Crippen LogP contribution in [0.4, 0.5) is 0 Å². The van der Waals surface area contributed by atoms with Gasteiger partial charge in [-0.25, -0.2) is 0 Å². The van der Waals surface area contributed by atoms with Crippen LogP contribution in [0.5, 0.6) is 5.75 Å². The monoisotopic (exact) mass is 351 g/mol. The Bertz CT molecular complexity index is 580. The summed E-state index contributed by atoms with van der Waals surface area (Å²) in [5.74, 6) is 1.89. The standard InChI is InChI=1S/C17H22BrNO2/c1-4-8-19-16(17-12(2)7-9-21-17)11-13-10-14(20-3)5-6-15(13)18/h5-7,9-10,16,19H,4,8,11H2,1-3H3. The van der Waals surface area contributed by atoms with E-state index in [-0.39, 0.29) is 6.04 Å². The molecule has 2 rings (SSSR count). The lowest BCUT2D eigenvalue weighted by Gasteiger charge is -2.18. The second-order valence-corrected chi connectivity index (χ2v) is 5.99. The van der Waals surface area contributed by atoms with E-state index in [1.54, 1.807) is 13.4 Å². The van der Waals surface area contributed by atoms with Gasteiger partial charge in [0.2, 0.25) is 0 Å². The first-order valence-corrected chi connectivity index (χ1v) is 8.04. The highest BCUT2D eigenvalue weighted by Gasteiger charge is 2.18. The minimum Gasteiger partial charge on any atom is -0.497 e. The molecular weight excluding hydrogens is 330 g/mol. The summed E-state index contributed by atoms with van der Waals surface area (Å²) in [7, 11) is 1.69. The topological polar surface area (TPSA) is 34.4 Å². The van der Waals surface area contributed by atoms with E-state index < -0.39 is 0 Å². The van der Waals surface area contributed by atoms with E-state index in [2.05, 4.69) is 41.2 Å². The Morgan fingerprint density at radius 3 is 2.76 bits per heavy atom. The van der Waals surface area contributed by atoms with Gasteiger partial charge in [0.05, 0.1) is 19.4 Å². The largest absolute Gasteiger partial charge is 0.497 e. The molecule has 0 spiro atoms. The average Bonchev–Trinajstić information content (AvgIpc) is 2.91. The Hall–Kier alpha value is -1.26. The molecule has 21 heavy (non-hydrogen) atoms. The molecule has 1 aromatic carbocycles. The molecule has 1 N–H and O–H groups in total. The SMILES string of the molecule is CCCNC(Cc1cc(OC)ccc1Br)c1occc1C. The van der Waals surface area contributed by atoms with Crippen molar-refractivity contribution in [3.8, 4) is 5.75 Å². The van der Waals surface area contributed by atoms with Crippen LogP contribution >= 0.6 is 15.9 Å². The summed E-state index contributed by atoms with van der Waals surface area (Å²) in [6, 6.07) is 8.24. The first-order valence-electron chi connectivity index (χ1n) is 7.25. The molecule has 0 aliphatic carbocycles. The number of benzene rings is 1. The van der Waals surface area contributed by atoms with Crippen LogP contribution in [-0.4, -0.2) is 13.7 Å². The maximum atomic E-state index is 5.68. The third-order valence-corrected chi connectivity index (χ3v) is 4.31. The summed E-state index contributed by atoms with van der Waals surface area (Å²) in [6.45, 7) is 5.22. The average molecular weight is 352 g/mol. The van der Waals surface area contributed by atoms with Crippen molar-refractivity contribution in [2.24, 2.45) is 0 Å². The normalized spacial score (nSPS) is 12.4. The van der Waals surface area contributed by atoms with Gasteiger partial charge in [-0.3, -0.25) is 0 Å². The van der Waals surface area contributed by atoms with E-state index >= 15 is 0 Å². The summed E-state index contributed by atoms with van der Waals surface area (Å²) in [6.07, 6.45) is 3.70. The van der Waals surface area contributed by atoms with Crippen LogP contribution in [0.15, 0.2) is 39.4 Å². The fourth-order valence-electron chi connectivity index (χ4n) is 2.37. The highest BCUT2D eigenvalue weighted by molar-refractivity contribution is 9.10. The zero-order chi connectivity index (χ0) is 15.2. The van der Waals surface area contributed by atoms with Gasteiger partial charge in [-0.2, -0.15) is 0 Å². The molecule has 1 aromatic heterocycles. The second-order valence-electron chi connectivity index (χ2n) is 5.14. The molecule has 0 bridgehead atoms. The van der Waals surface area contributed by atoms with Crippen molar-refractivity contribution in [1.82, 2.24) is 5.32 Å². The fourth-order valence-corrected chi connectivity index (χ4v) is 2.78. The van der Waals surface area contributed by atoms with Gasteiger partial charge in [-0.1, -0.05) is 22.9 Å². The van der Waals surface area contributed by atoms with Crippen molar-refractivity contribution < 1.29 is 9.15 Å². The third-order valence-electron chi connectivity index (χ3n) is 3.54. The van der Waals surface area contributed by atoms with Crippen LogP contribution < -0.4 is 10.1 Å². The van der Waals surface area contributed by atoms with Gasteiger partial charge >= 0.3 is 0 Å². The molecule has 2 aromatic rings. The summed E-state index contributed by atoms with van der Waals surface area (Å²) in [4.78, 5) is 0. The van der Waals surface area contributed by atoms with Crippen LogP contribution in [0.25, 0.3) is 0 Å². The molecule has 1 unspecified atom stereocenters. The van der Waals surface area contributed by atoms with Crippen LogP contribution in [0.2, 0.25) is 0 Å². The predicted octanol–water partition coefficient (Wildman–Crippen LogP) is 4.64. The number of halogens is 1. The van der Waals surface area contributed by atoms with E-state index in [0.717, 1.165) is 35.4 Å². The highest BCUT2D eigenvalue weighted by Crippen LogP contribution is 2.29. The molecule has 1 atom stereocenters. The van der Waals surface area contributed by atoms with E-state index in [0.29, 0.717) is 0 Å². The summed E-state index contributed by atoms with van der Waals surface area (Å²) in [5.41, 5.74) is 2.39. The number of rotatable bonds is 7. The van der Waals surface area contributed by atoms with Gasteiger partial charge in [-0.15, -0.1) is 0 Å². The number of methoxy groups -OCH3 is 1. The summed E-state index contributed by atoms with van der Waals surface area (Å²) >= 11 is 3.62. The summed E-state index contributed by atoms with van der Waals surface area (Å²) in [5, 5.41) is 3.57. The molecule has 0 saturated heterocycles. The molecule has 4 heteroatoms. The third kappa shape index (κ3) is 4.11. The van der Waals surface area contributed by atoms with E-state index in [4.69, 9.17) is 9.15 Å². The smallest absolute Gasteiger partial charge is 0.123 e. The Labute approximate surface area is 134 Å². The van der Waals surface area contributed by atoms with E-state index in [9.17, 15) is 0 Å². The lowest BCUT2D eigenvalue weighted by atomic mass is 10.0. The fraction of sp³-hybridized carbons (Fsp3) is 0.412. The molecule has 0 amide bonds. The van der Waals surface area contributed by atoms with Gasteiger partial charge < -0.3 is 14.5 Å². The van der Waals surface area contributed by atoms with Gasteiger partial charge in [0.25, 0.3) is 0 Å². The van der Waals surface area contributed by atoms with Crippen molar-refractivity contribution >= 4 is 15.9 Å². The highest BCUT2D eigenvalue weighted by atomic mass is 79.9. The van der Waals surface area contributed by atoms with Crippen molar-refractivity contribution in [2.45, 2.75) is 32.7 Å². The first kappa shape index (κ1) is 16.1. The van der Waals surface area contributed by atoms with Crippen LogP contribution in [0.3, 0.4) is 0 Å². The van der Waals surface area contributed by atoms with E-state index in [1.165, 1.54) is 11.1 Å². The maximum Gasteiger partial charge on any atom is 0.123 e. The van der Waals surface area contributed by atoms with Crippen molar-refractivity contribution in [3.05, 3.63) is 51.9 Å². The molecule has 114 valence electrons. The number of hydrogen-bond donors (Lipinski definition) is 1. The van der Waals surface area contributed by atoms with Crippen molar-refractivity contribution in [2.75, 3.05) is 13.7 Å². The molecule has 0 radical (unpaired) electrons. The maximum absolute atomic E-state index is 5.68. The lowest BCUT2D eigenvalue weighted by molar-refractivity contribution is 0.403.